The van der Waals surface area contributed by atoms with Gasteiger partial charge in [0.25, 0.3) is 0 Å². The maximum absolute atomic E-state index is 12.0. The minimum absolute atomic E-state index is 0.00295. The quantitative estimate of drug-likeness (QED) is 0.316. The normalized spacial score (nSPS) is 12.4. The van der Waals surface area contributed by atoms with Crippen LogP contribution in [0.2, 0.25) is 0 Å². The van der Waals surface area contributed by atoms with Crippen molar-refractivity contribution in [1.82, 2.24) is 0 Å². The van der Waals surface area contributed by atoms with Crippen LogP contribution in [0.5, 0.6) is 0 Å². The predicted octanol–water partition coefficient (Wildman–Crippen LogP) is 0.581. The van der Waals surface area contributed by atoms with Crippen molar-refractivity contribution in [2.75, 3.05) is 38.4 Å². The number of rotatable bonds is 13. The van der Waals surface area contributed by atoms with Crippen molar-refractivity contribution < 1.29 is 48.3 Å². The van der Waals surface area contributed by atoms with E-state index in [4.69, 9.17) is 14.2 Å². The molecule has 2 atom stereocenters. The van der Waals surface area contributed by atoms with Crippen molar-refractivity contribution in [3.05, 3.63) is 35.4 Å². The molecule has 0 saturated carbocycles. The van der Waals surface area contributed by atoms with Crippen molar-refractivity contribution in [3.63, 3.8) is 0 Å². The smallest absolute Gasteiger partial charge is 0.338 e. The monoisotopic (exact) mass is 458 g/mol. The number of esters is 4. The van der Waals surface area contributed by atoms with Gasteiger partial charge in [0.05, 0.1) is 35.8 Å². The zero-order valence-electron chi connectivity index (χ0n) is 17.3. The van der Waals surface area contributed by atoms with Crippen molar-refractivity contribution in [3.8, 4) is 0 Å². The number of carbonyl (C=O) groups is 4. The first-order chi connectivity index (χ1) is 14.8. The Morgan fingerprint density at radius 2 is 1.26 bits per heavy atom. The zero-order chi connectivity index (χ0) is 23.2. The van der Waals surface area contributed by atoms with Gasteiger partial charge in [0, 0.05) is 0 Å². The Bertz CT molecular complexity index is 734. The van der Waals surface area contributed by atoms with E-state index in [1.165, 1.54) is 31.4 Å². The highest BCUT2D eigenvalue weighted by atomic mass is 32.2. The number of hydrogen-bond acceptors (Lipinski definition) is 11. The number of hydrogen-bond donors (Lipinski definition) is 2. The topological polar surface area (TPSA) is 146 Å². The van der Waals surface area contributed by atoms with E-state index in [2.05, 4.69) is 4.74 Å². The molecule has 0 radical (unpaired) electrons. The van der Waals surface area contributed by atoms with E-state index in [1.54, 1.807) is 6.92 Å². The van der Waals surface area contributed by atoms with Crippen molar-refractivity contribution in [2.45, 2.75) is 25.6 Å². The summed E-state index contributed by atoms with van der Waals surface area (Å²) in [5.41, 5.74) is 0.352. The lowest BCUT2D eigenvalue weighted by Gasteiger charge is -2.12. The van der Waals surface area contributed by atoms with Crippen LogP contribution in [0.3, 0.4) is 0 Å². The molecular formula is C20H26O10S. The summed E-state index contributed by atoms with van der Waals surface area (Å²) in [6.45, 7) is 0.859. The Morgan fingerprint density at radius 3 is 1.74 bits per heavy atom. The van der Waals surface area contributed by atoms with Gasteiger partial charge in [0.15, 0.2) is 0 Å². The van der Waals surface area contributed by atoms with Crippen molar-refractivity contribution in [2.24, 2.45) is 0 Å². The van der Waals surface area contributed by atoms with Crippen LogP contribution in [0.15, 0.2) is 24.3 Å². The molecule has 0 aliphatic carbocycles. The van der Waals surface area contributed by atoms with Crippen LogP contribution >= 0.6 is 11.8 Å². The third-order valence-electron chi connectivity index (χ3n) is 3.75. The Balaban J connectivity index is 2.34. The van der Waals surface area contributed by atoms with Crippen molar-refractivity contribution in [1.29, 1.82) is 0 Å². The molecule has 10 nitrogen and oxygen atoms in total. The van der Waals surface area contributed by atoms with Crippen molar-refractivity contribution >= 4 is 35.6 Å². The van der Waals surface area contributed by atoms with Crippen LogP contribution < -0.4 is 0 Å². The van der Waals surface area contributed by atoms with Crippen LogP contribution in [0.25, 0.3) is 0 Å². The summed E-state index contributed by atoms with van der Waals surface area (Å²) in [5.74, 6) is -2.55. The second kappa shape index (κ2) is 14.4. The molecule has 1 aromatic rings. The van der Waals surface area contributed by atoms with E-state index in [0.29, 0.717) is 6.42 Å². The highest BCUT2D eigenvalue weighted by Gasteiger charge is 2.15. The van der Waals surface area contributed by atoms with E-state index >= 15 is 0 Å². The van der Waals surface area contributed by atoms with Crippen LogP contribution in [-0.4, -0.2) is 84.7 Å². The third kappa shape index (κ3) is 10.8. The molecule has 31 heavy (non-hydrogen) atoms. The average Bonchev–Trinajstić information content (AvgIpc) is 2.79. The fraction of sp³-hybridized carbons (Fsp3) is 0.500. The zero-order valence-corrected chi connectivity index (χ0v) is 18.1. The first kappa shape index (κ1) is 26.4. The van der Waals surface area contributed by atoms with Gasteiger partial charge in [-0.1, -0.05) is 6.92 Å². The van der Waals surface area contributed by atoms with Gasteiger partial charge in [-0.05, 0) is 30.7 Å². The molecule has 2 N–H and O–H groups in total. The molecule has 0 saturated heterocycles. The second-order valence-electron chi connectivity index (χ2n) is 6.24. The van der Waals surface area contributed by atoms with E-state index in [0.717, 1.165) is 11.8 Å². The van der Waals surface area contributed by atoms with Crippen LogP contribution in [-0.2, 0) is 28.5 Å². The minimum atomic E-state index is -1.22. The van der Waals surface area contributed by atoms with Gasteiger partial charge in [-0.25, -0.2) is 9.59 Å². The summed E-state index contributed by atoms with van der Waals surface area (Å²) >= 11 is 1.01. The van der Waals surface area contributed by atoms with Crippen LogP contribution in [0.1, 0.15) is 34.1 Å². The molecule has 1 aromatic carbocycles. The molecule has 2 unspecified atom stereocenters. The lowest BCUT2D eigenvalue weighted by molar-refractivity contribution is -0.144. The van der Waals surface area contributed by atoms with E-state index in [1.807, 2.05) is 0 Å². The lowest BCUT2D eigenvalue weighted by Crippen LogP contribution is -2.26. The molecular weight excluding hydrogens is 432 g/mol. The fourth-order valence-corrected chi connectivity index (χ4v) is 2.56. The summed E-state index contributed by atoms with van der Waals surface area (Å²) < 4.78 is 19.1. The SMILES string of the molecule is CCC(O)COC(=O)c1ccc(C(=O)OCC(O)COC(=O)CSCC(=O)OC)cc1. The van der Waals surface area contributed by atoms with E-state index in [9.17, 15) is 29.4 Å². The number of aliphatic hydroxyl groups is 2. The number of aliphatic hydroxyl groups excluding tert-OH is 2. The molecule has 0 aliphatic rings. The number of thioether (sulfide) groups is 1. The van der Waals surface area contributed by atoms with Gasteiger partial charge < -0.3 is 29.2 Å². The predicted molar refractivity (Wildman–Crippen MR) is 110 cm³/mol. The molecule has 0 fully saturated rings. The summed E-state index contributed by atoms with van der Waals surface area (Å²) in [5, 5.41) is 19.2. The molecule has 0 bridgehead atoms. The Morgan fingerprint density at radius 1 is 0.806 bits per heavy atom. The molecule has 0 aromatic heterocycles. The van der Waals surface area contributed by atoms with Crippen LogP contribution in [0.4, 0.5) is 0 Å². The van der Waals surface area contributed by atoms with Gasteiger partial charge in [-0.2, -0.15) is 0 Å². The van der Waals surface area contributed by atoms with Gasteiger partial charge in [-0.3, -0.25) is 9.59 Å². The fourth-order valence-electron chi connectivity index (χ4n) is 1.93. The molecule has 0 heterocycles. The van der Waals surface area contributed by atoms with Crippen LogP contribution in [0, 0.1) is 0 Å². The first-order valence-electron chi connectivity index (χ1n) is 9.37. The second-order valence-corrected chi connectivity index (χ2v) is 7.23. The standard InChI is InChI=1S/C20H26O10S/c1-3-15(21)8-29-19(25)13-4-6-14(7-5-13)20(26)30-10-16(22)9-28-18(24)12-31-11-17(23)27-2/h4-7,15-16,21-22H,3,8-12H2,1-2H3. The Labute approximate surface area is 183 Å². The molecule has 0 spiro atoms. The average molecular weight is 458 g/mol. The van der Waals surface area contributed by atoms with Gasteiger partial charge in [0.2, 0.25) is 0 Å². The number of ether oxygens (including phenoxy) is 4. The number of methoxy groups -OCH3 is 1. The molecule has 1 rings (SSSR count). The molecule has 172 valence electrons. The number of benzene rings is 1. The summed E-state index contributed by atoms with van der Waals surface area (Å²) in [6.07, 6.45) is -1.50. The summed E-state index contributed by atoms with van der Waals surface area (Å²) in [4.78, 5) is 46.3. The summed E-state index contributed by atoms with van der Waals surface area (Å²) in [7, 11) is 1.24. The highest BCUT2D eigenvalue weighted by Crippen LogP contribution is 2.09. The largest absolute Gasteiger partial charge is 0.468 e. The third-order valence-corrected chi connectivity index (χ3v) is 4.63. The summed E-state index contributed by atoms with van der Waals surface area (Å²) in [6, 6.07) is 5.48. The Hall–Kier alpha value is -2.63. The molecule has 0 amide bonds. The molecule has 0 aliphatic heterocycles. The van der Waals surface area contributed by atoms with E-state index in [-0.39, 0.29) is 35.8 Å². The maximum Gasteiger partial charge on any atom is 0.338 e. The van der Waals surface area contributed by atoms with Gasteiger partial charge in [-0.15, -0.1) is 11.8 Å². The van der Waals surface area contributed by atoms with Gasteiger partial charge >= 0.3 is 23.9 Å². The number of carbonyl (C=O) groups excluding carboxylic acids is 4. The minimum Gasteiger partial charge on any atom is -0.468 e. The maximum atomic E-state index is 12.0. The van der Waals surface area contributed by atoms with E-state index < -0.39 is 42.7 Å². The Kier molecular flexibility index (Phi) is 12.3. The molecule has 11 heteroatoms. The highest BCUT2D eigenvalue weighted by molar-refractivity contribution is 8.00. The lowest BCUT2D eigenvalue weighted by atomic mass is 10.1. The first-order valence-corrected chi connectivity index (χ1v) is 10.5. The van der Waals surface area contributed by atoms with Gasteiger partial charge in [0.1, 0.15) is 25.9 Å².